The molecular formula is C16H15ClO2S. The van der Waals surface area contributed by atoms with Crippen molar-refractivity contribution in [1.82, 2.24) is 0 Å². The minimum Gasteiger partial charge on any atom is -0.497 e. The maximum absolute atomic E-state index is 12.3. The largest absolute Gasteiger partial charge is 0.497 e. The van der Waals surface area contributed by atoms with E-state index in [9.17, 15) is 4.79 Å². The van der Waals surface area contributed by atoms with Crippen LogP contribution in [0.25, 0.3) is 0 Å². The van der Waals surface area contributed by atoms with E-state index in [4.69, 9.17) is 16.3 Å². The number of hydrogen-bond acceptors (Lipinski definition) is 3. The molecule has 20 heavy (non-hydrogen) atoms. The lowest BCUT2D eigenvalue weighted by molar-refractivity contribution is 0.0992. The molecular weight excluding hydrogens is 292 g/mol. The fraction of sp³-hybridized carbons (Fsp3) is 0.188. The molecule has 2 rings (SSSR count). The Morgan fingerprint density at radius 1 is 1.20 bits per heavy atom. The Balaban J connectivity index is 2.24. The van der Waals surface area contributed by atoms with E-state index >= 15 is 0 Å². The van der Waals surface area contributed by atoms with Gasteiger partial charge in [-0.3, -0.25) is 4.79 Å². The van der Waals surface area contributed by atoms with Crippen molar-refractivity contribution in [3.05, 3.63) is 58.6 Å². The molecule has 2 aromatic rings. The summed E-state index contributed by atoms with van der Waals surface area (Å²) in [6.07, 6.45) is 2.35. The lowest BCUT2D eigenvalue weighted by Crippen LogP contribution is -2.04. The van der Waals surface area contributed by atoms with Gasteiger partial charge in [-0.05, 0) is 54.3 Å². The molecule has 0 bridgehead atoms. The number of benzene rings is 2. The molecule has 0 fully saturated rings. The molecule has 0 aliphatic carbocycles. The summed E-state index contributed by atoms with van der Waals surface area (Å²) in [7, 11) is 1.62. The third-order valence-electron chi connectivity index (χ3n) is 3.00. The van der Waals surface area contributed by atoms with E-state index in [-0.39, 0.29) is 5.78 Å². The Bertz CT molecular complexity index is 608. The Morgan fingerprint density at radius 3 is 2.50 bits per heavy atom. The number of ether oxygens (including phenoxy) is 1. The lowest BCUT2D eigenvalue weighted by atomic mass is 10.0. The van der Waals surface area contributed by atoms with Crippen molar-refractivity contribution in [2.75, 3.05) is 13.4 Å². The van der Waals surface area contributed by atoms with Gasteiger partial charge in [-0.25, -0.2) is 0 Å². The molecule has 0 atom stereocenters. The van der Waals surface area contributed by atoms with Crippen molar-refractivity contribution in [3.63, 3.8) is 0 Å². The number of methoxy groups -OCH3 is 1. The van der Waals surface area contributed by atoms with Gasteiger partial charge in [0.2, 0.25) is 0 Å². The van der Waals surface area contributed by atoms with Gasteiger partial charge < -0.3 is 4.74 Å². The van der Waals surface area contributed by atoms with Crippen LogP contribution < -0.4 is 4.74 Å². The zero-order valence-electron chi connectivity index (χ0n) is 11.4. The van der Waals surface area contributed by atoms with Crippen LogP contribution in [0.5, 0.6) is 5.75 Å². The highest BCUT2D eigenvalue weighted by Gasteiger charge is 2.11. The third kappa shape index (κ3) is 3.56. The maximum Gasteiger partial charge on any atom is 0.167 e. The number of carbonyl (C=O) groups is 1. The van der Waals surface area contributed by atoms with Crippen molar-refractivity contribution >= 4 is 29.1 Å². The first-order valence-electron chi connectivity index (χ1n) is 6.13. The monoisotopic (exact) mass is 306 g/mol. The van der Waals surface area contributed by atoms with E-state index in [0.29, 0.717) is 17.0 Å². The maximum atomic E-state index is 12.3. The number of thioether (sulfide) groups is 1. The second-order valence-corrected chi connectivity index (χ2v) is 5.57. The second-order valence-electron chi connectivity index (χ2n) is 4.28. The SMILES string of the molecule is COc1ccc(SC)c(CC(=O)c2ccc(Cl)cc2)c1. The second kappa shape index (κ2) is 6.82. The Hall–Kier alpha value is -1.45. The molecule has 0 amide bonds. The van der Waals surface area contributed by atoms with Gasteiger partial charge in [-0.15, -0.1) is 11.8 Å². The summed E-state index contributed by atoms with van der Waals surface area (Å²) < 4.78 is 5.22. The Labute approximate surface area is 128 Å². The Kier molecular flexibility index (Phi) is 5.10. The van der Waals surface area contributed by atoms with E-state index in [1.165, 1.54) is 0 Å². The minimum atomic E-state index is 0.0743. The molecule has 0 unspecified atom stereocenters. The number of halogens is 1. The van der Waals surface area contributed by atoms with Crippen LogP contribution in [0.2, 0.25) is 5.02 Å². The number of ketones is 1. The first-order valence-corrected chi connectivity index (χ1v) is 7.74. The summed E-state index contributed by atoms with van der Waals surface area (Å²) in [5, 5.41) is 0.632. The molecule has 0 saturated heterocycles. The van der Waals surface area contributed by atoms with Crippen molar-refractivity contribution in [1.29, 1.82) is 0 Å². The van der Waals surface area contributed by atoms with Crippen molar-refractivity contribution in [2.24, 2.45) is 0 Å². The molecule has 0 heterocycles. The summed E-state index contributed by atoms with van der Waals surface area (Å²) in [6.45, 7) is 0. The molecule has 0 spiro atoms. The normalized spacial score (nSPS) is 10.3. The van der Waals surface area contributed by atoms with E-state index in [0.717, 1.165) is 16.2 Å². The van der Waals surface area contributed by atoms with Crippen molar-refractivity contribution < 1.29 is 9.53 Å². The van der Waals surface area contributed by atoms with Crippen LogP contribution in [-0.4, -0.2) is 19.1 Å². The van der Waals surface area contributed by atoms with Crippen LogP contribution in [0, 0.1) is 0 Å². The Morgan fingerprint density at radius 2 is 1.90 bits per heavy atom. The third-order valence-corrected chi connectivity index (χ3v) is 4.09. The highest BCUT2D eigenvalue weighted by molar-refractivity contribution is 7.98. The lowest BCUT2D eigenvalue weighted by Gasteiger charge is -2.09. The molecule has 2 nitrogen and oxygen atoms in total. The highest BCUT2D eigenvalue weighted by Crippen LogP contribution is 2.26. The van der Waals surface area contributed by atoms with Crippen LogP contribution in [0.15, 0.2) is 47.4 Å². The van der Waals surface area contributed by atoms with Crippen LogP contribution in [0.3, 0.4) is 0 Å². The molecule has 4 heteroatoms. The average molecular weight is 307 g/mol. The van der Waals surface area contributed by atoms with Crippen LogP contribution in [-0.2, 0) is 6.42 Å². The minimum absolute atomic E-state index is 0.0743. The number of rotatable bonds is 5. The van der Waals surface area contributed by atoms with Gasteiger partial charge >= 0.3 is 0 Å². The molecule has 0 radical (unpaired) electrons. The first-order chi connectivity index (χ1) is 9.63. The fourth-order valence-corrected chi connectivity index (χ4v) is 2.65. The molecule has 0 N–H and O–H groups in total. The summed E-state index contributed by atoms with van der Waals surface area (Å²) in [5.41, 5.74) is 1.65. The zero-order valence-corrected chi connectivity index (χ0v) is 12.9. The topological polar surface area (TPSA) is 26.3 Å². The molecule has 0 saturated carbocycles. The van der Waals surface area contributed by atoms with Crippen molar-refractivity contribution in [3.8, 4) is 5.75 Å². The number of carbonyl (C=O) groups excluding carboxylic acids is 1. The molecule has 0 aromatic heterocycles. The summed E-state index contributed by atoms with van der Waals surface area (Å²) >= 11 is 7.46. The predicted molar refractivity (Wildman–Crippen MR) is 84.3 cm³/mol. The quantitative estimate of drug-likeness (QED) is 0.601. The van der Waals surface area contributed by atoms with Crippen LogP contribution in [0.4, 0.5) is 0 Å². The average Bonchev–Trinajstić information content (AvgIpc) is 2.47. The van der Waals surface area contributed by atoms with Crippen LogP contribution in [0.1, 0.15) is 15.9 Å². The summed E-state index contributed by atoms with van der Waals surface area (Å²) in [5.74, 6) is 0.840. The fourth-order valence-electron chi connectivity index (χ4n) is 1.93. The molecule has 0 aliphatic heterocycles. The van der Waals surface area contributed by atoms with Gasteiger partial charge in [0.15, 0.2) is 5.78 Å². The molecule has 2 aromatic carbocycles. The van der Waals surface area contributed by atoms with Gasteiger partial charge in [-0.2, -0.15) is 0 Å². The molecule has 104 valence electrons. The zero-order chi connectivity index (χ0) is 14.5. The summed E-state index contributed by atoms with van der Waals surface area (Å²) in [6, 6.07) is 12.8. The highest BCUT2D eigenvalue weighted by atomic mass is 35.5. The van der Waals surface area contributed by atoms with Gasteiger partial charge in [0.05, 0.1) is 7.11 Å². The van der Waals surface area contributed by atoms with E-state index < -0.39 is 0 Å². The van der Waals surface area contributed by atoms with Gasteiger partial charge in [0.25, 0.3) is 0 Å². The predicted octanol–water partition coefficient (Wildman–Crippen LogP) is 4.50. The van der Waals surface area contributed by atoms with Crippen LogP contribution >= 0.6 is 23.4 Å². The van der Waals surface area contributed by atoms with E-state index in [1.807, 2.05) is 24.5 Å². The van der Waals surface area contributed by atoms with Gasteiger partial charge in [0, 0.05) is 21.9 Å². The van der Waals surface area contributed by atoms with Crippen molar-refractivity contribution in [2.45, 2.75) is 11.3 Å². The first kappa shape index (κ1) is 14.9. The van der Waals surface area contributed by atoms with E-state index in [2.05, 4.69) is 0 Å². The number of Topliss-reactive ketones (excluding diaryl/α,β-unsaturated/α-hetero) is 1. The summed E-state index contributed by atoms with van der Waals surface area (Å²) in [4.78, 5) is 13.4. The standard InChI is InChI=1S/C16H15ClO2S/c1-19-14-7-8-16(20-2)12(9-14)10-15(18)11-3-5-13(17)6-4-11/h3-9H,10H2,1-2H3. The smallest absolute Gasteiger partial charge is 0.167 e. The number of hydrogen-bond donors (Lipinski definition) is 0. The van der Waals surface area contributed by atoms with Gasteiger partial charge in [-0.1, -0.05) is 11.6 Å². The molecule has 0 aliphatic rings. The van der Waals surface area contributed by atoms with Gasteiger partial charge in [0.1, 0.15) is 5.75 Å². The van der Waals surface area contributed by atoms with E-state index in [1.54, 1.807) is 43.1 Å².